The van der Waals surface area contributed by atoms with Crippen LogP contribution in [0.25, 0.3) is 5.57 Å². The van der Waals surface area contributed by atoms with Gasteiger partial charge in [-0.05, 0) is 61.4 Å². The maximum absolute atomic E-state index is 3.85. The zero-order valence-electron chi connectivity index (χ0n) is 12.1. The maximum Gasteiger partial charge on any atom is 0.0227 e. The standard InChI is InChI=1S/C18H24N2/c1-2-7-17-14(4-1)5-3-6-16(17)12-19-18-13-20-10-8-15(18)9-11-20/h1-2,4,6-7,15,18-19H,3,5,8-13H2/t18-/m1/s1. The number of benzene rings is 1. The van der Waals surface area contributed by atoms with Gasteiger partial charge < -0.3 is 10.2 Å². The molecule has 1 aromatic rings. The van der Waals surface area contributed by atoms with Gasteiger partial charge in [-0.15, -0.1) is 0 Å². The van der Waals surface area contributed by atoms with E-state index in [0.717, 1.165) is 12.5 Å². The van der Waals surface area contributed by atoms with Gasteiger partial charge in [0.2, 0.25) is 0 Å². The molecule has 5 rings (SSSR count). The molecule has 1 aromatic carbocycles. The fourth-order valence-corrected chi connectivity index (χ4v) is 4.17. The number of fused-ring (bicyclic) bond motifs is 4. The third kappa shape index (κ3) is 2.32. The highest BCUT2D eigenvalue weighted by molar-refractivity contribution is 5.71. The van der Waals surface area contributed by atoms with Gasteiger partial charge in [0.25, 0.3) is 0 Å². The van der Waals surface area contributed by atoms with Gasteiger partial charge in [-0.2, -0.15) is 0 Å². The highest BCUT2D eigenvalue weighted by Crippen LogP contribution is 2.29. The van der Waals surface area contributed by atoms with Gasteiger partial charge >= 0.3 is 0 Å². The van der Waals surface area contributed by atoms with Gasteiger partial charge in [-0.25, -0.2) is 0 Å². The van der Waals surface area contributed by atoms with Crippen LogP contribution in [0.4, 0.5) is 0 Å². The Kier molecular flexibility index (Phi) is 3.37. The summed E-state index contributed by atoms with van der Waals surface area (Å²) >= 11 is 0. The Morgan fingerprint density at radius 2 is 2.00 bits per heavy atom. The first-order chi connectivity index (χ1) is 9.90. The summed E-state index contributed by atoms with van der Waals surface area (Å²) in [6, 6.07) is 9.64. The minimum Gasteiger partial charge on any atom is -0.308 e. The quantitative estimate of drug-likeness (QED) is 0.907. The molecule has 0 aromatic heterocycles. The predicted molar refractivity (Wildman–Crippen MR) is 83.7 cm³/mol. The first kappa shape index (κ1) is 12.6. The monoisotopic (exact) mass is 268 g/mol. The highest BCUT2D eigenvalue weighted by atomic mass is 15.2. The van der Waals surface area contributed by atoms with Crippen molar-refractivity contribution in [3.8, 4) is 0 Å². The molecule has 0 saturated carbocycles. The van der Waals surface area contributed by atoms with Crippen molar-refractivity contribution in [1.29, 1.82) is 0 Å². The van der Waals surface area contributed by atoms with Crippen LogP contribution < -0.4 is 5.32 Å². The number of hydrogen-bond donors (Lipinski definition) is 1. The second-order valence-electron chi connectivity index (χ2n) is 6.55. The van der Waals surface area contributed by atoms with E-state index in [-0.39, 0.29) is 0 Å². The molecule has 1 aliphatic carbocycles. The second-order valence-corrected chi connectivity index (χ2v) is 6.55. The van der Waals surface area contributed by atoms with Crippen LogP contribution in [-0.2, 0) is 6.42 Å². The van der Waals surface area contributed by atoms with Crippen LogP contribution in [0.15, 0.2) is 30.3 Å². The molecule has 3 fully saturated rings. The van der Waals surface area contributed by atoms with Gasteiger partial charge in [-0.3, -0.25) is 0 Å². The van der Waals surface area contributed by atoms with E-state index in [1.165, 1.54) is 62.0 Å². The summed E-state index contributed by atoms with van der Waals surface area (Å²) in [6.07, 6.45) is 7.64. The fraction of sp³-hybridized carbons (Fsp3) is 0.556. The second kappa shape index (κ2) is 5.34. The lowest BCUT2D eigenvalue weighted by molar-refractivity contribution is 0.0747. The number of nitrogens with one attached hydrogen (secondary N) is 1. The van der Waals surface area contributed by atoms with Crippen molar-refractivity contribution in [3.05, 3.63) is 41.5 Å². The number of hydrogen-bond acceptors (Lipinski definition) is 2. The normalized spacial score (nSPS) is 31.8. The van der Waals surface area contributed by atoms with Crippen LogP contribution in [-0.4, -0.2) is 37.1 Å². The van der Waals surface area contributed by atoms with E-state index in [4.69, 9.17) is 0 Å². The van der Waals surface area contributed by atoms with Gasteiger partial charge in [0.1, 0.15) is 0 Å². The summed E-state index contributed by atoms with van der Waals surface area (Å²) in [5, 5.41) is 3.85. The van der Waals surface area contributed by atoms with E-state index >= 15 is 0 Å². The summed E-state index contributed by atoms with van der Waals surface area (Å²) in [6.45, 7) is 4.97. The van der Waals surface area contributed by atoms with Crippen molar-refractivity contribution < 1.29 is 0 Å². The minimum absolute atomic E-state index is 0.715. The largest absolute Gasteiger partial charge is 0.308 e. The van der Waals surface area contributed by atoms with Gasteiger partial charge in [0.15, 0.2) is 0 Å². The average molecular weight is 268 g/mol. The topological polar surface area (TPSA) is 15.3 Å². The maximum atomic E-state index is 3.85. The number of piperidine rings is 3. The van der Waals surface area contributed by atoms with Crippen LogP contribution in [0, 0.1) is 5.92 Å². The lowest BCUT2D eigenvalue weighted by atomic mass is 9.83. The molecule has 1 atom stereocenters. The van der Waals surface area contributed by atoms with Crippen LogP contribution in [0.2, 0.25) is 0 Å². The summed E-state index contributed by atoms with van der Waals surface area (Å²) in [4.78, 5) is 2.63. The van der Waals surface area contributed by atoms with Crippen molar-refractivity contribution in [2.75, 3.05) is 26.2 Å². The molecular formula is C18H24N2. The van der Waals surface area contributed by atoms with Crippen molar-refractivity contribution >= 4 is 5.57 Å². The molecule has 0 radical (unpaired) electrons. The molecular weight excluding hydrogens is 244 g/mol. The van der Waals surface area contributed by atoms with Crippen molar-refractivity contribution in [1.82, 2.24) is 10.2 Å². The van der Waals surface area contributed by atoms with Gasteiger partial charge in [0.05, 0.1) is 0 Å². The first-order valence-corrected chi connectivity index (χ1v) is 8.13. The van der Waals surface area contributed by atoms with E-state index in [9.17, 15) is 0 Å². The molecule has 3 aliphatic heterocycles. The van der Waals surface area contributed by atoms with Gasteiger partial charge in [-0.1, -0.05) is 30.3 Å². The van der Waals surface area contributed by atoms with Crippen molar-refractivity contribution in [2.24, 2.45) is 5.92 Å². The van der Waals surface area contributed by atoms with E-state index in [2.05, 4.69) is 40.6 Å². The van der Waals surface area contributed by atoms with E-state index in [1.54, 1.807) is 0 Å². The number of rotatable bonds is 3. The molecule has 20 heavy (non-hydrogen) atoms. The lowest BCUT2D eigenvalue weighted by Gasteiger charge is -2.45. The lowest BCUT2D eigenvalue weighted by Crippen LogP contribution is -2.56. The summed E-state index contributed by atoms with van der Waals surface area (Å²) in [5.41, 5.74) is 4.52. The van der Waals surface area contributed by atoms with Crippen LogP contribution in [0.3, 0.4) is 0 Å². The zero-order chi connectivity index (χ0) is 13.4. The number of aryl methyl sites for hydroxylation is 1. The molecule has 2 nitrogen and oxygen atoms in total. The molecule has 2 bridgehead atoms. The van der Waals surface area contributed by atoms with Crippen LogP contribution >= 0.6 is 0 Å². The molecule has 106 valence electrons. The number of nitrogens with zero attached hydrogens (tertiary/aromatic N) is 1. The van der Waals surface area contributed by atoms with E-state index < -0.39 is 0 Å². The molecule has 0 spiro atoms. The Bertz CT molecular complexity index is 512. The summed E-state index contributed by atoms with van der Waals surface area (Å²) in [7, 11) is 0. The minimum atomic E-state index is 0.715. The first-order valence-electron chi connectivity index (χ1n) is 8.13. The van der Waals surface area contributed by atoms with E-state index in [1.807, 2.05) is 0 Å². The summed E-state index contributed by atoms with van der Waals surface area (Å²) < 4.78 is 0. The Morgan fingerprint density at radius 1 is 1.15 bits per heavy atom. The molecule has 3 heterocycles. The molecule has 0 amide bonds. The highest BCUT2D eigenvalue weighted by Gasteiger charge is 2.33. The van der Waals surface area contributed by atoms with Crippen molar-refractivity contribution in [3.63, 3.8) is 0 Å². The molecule has 0 unspecified atom stereocenters. The van der Waals surface area contributed by atoms with E-state index in [0.29, 0.717) is 6.04 Å². The Morgan fingerprint density at radius 3 is 2.80 bits per heavy atom. The summed E-state index contributed by atoms with van der Waals surface area (Å²) in [5.74, 6) is 0.916. The molecule has 3 saturated heterocycles. The van der Waals surface area contributed by atoms with Gasteiger partial charge in [0, 0.05) is 19.1 Å². The molecule has 2 heteroatoms. The third-order valence-corrected chi connectivity index (χ3v) is 5.38. The van der Waals surface area contributed by atoms with Crippen molar-refractivity contribution in [2.45, 2.75) is 31.7 Å². The molecule has 4 aliphatic rings. The smallest absolute Gasteiger partial charge is 0.0227 e. The molecule has 1 N–H and O–H groups in total. The number of allylic oxidation sites excluding steroid dienone is 1. The average Bonchev–Trinajstić information content (AvgIpc) is 2.54. The Labute approximate surface area is 121 Å². The SMILES string of the molecule is C1=C(CN[C@@H]2CN3CCC2CC3)c2ccccc2CC1. The zero-order valence-corrected chi connectivity index (χ0v) is 12.1. The fourth-order valence-electron chi connectivity index (χ4n) is 4.17. The third-order valence-electron chi connectivity index (χ3n) is 5.38. The predicted octanol–water partition coefficient (Wildman–Crippen LogP) is 2.70. The van der Waals surface area contributed by atoms with Crippen LogP contribution in [0.5, 0.6) is 0 Å². The van der Waals surface area contributed by atoms with Crippen LogP contribution in [0.1, 0.15) is 30.4 Å². The Hall–Kier alpha value is -1.12. The Balaban J connectivity index is 1.44.